The van der Waals surface area contributed by atoms with E-state index in [4.69, 9.17) is 5.26 Å². The molecule has 0 saturated carbocycles. The van der Waals surface area contributed by atoms with Gasteiger partial charge in [-0.15, -0.1) is 10.9 Å². The van der Waals surface area contributed by atoms with Crippen molar-refractivity contribution in [1.29, 1.82) is 5.26 Å². The number of nitriles is 1. The van der Waals surface area contributed by atoms with E-state index in [2.05, 4.69) is 10.9 Å². The summed E-state index contributed by atoms with van der Waals surface area (Å²) in [4.78, 5) is 0. The van der Waals surface area contributed by atoms with Crippen molar-refractivity contribution >= 4 is 9.73 Å². The summed E-state index contributed by atoms with van der Waals surface area (Å²) in [5.41, 5.74) is 0. The highest BCUT2D eigenvalue weighted by Gasteiger charge is 1.93. The van der Waals surface area contributed by atoms with Gasteiger partial charge in [0.2, 0.25) is 6.19 Å². The van der Waals surface area contributed by atoms with Crippen LogP contribution in [0.2, 0.25) is 0 Å². The van der Waals surface area contributed by atoms with Gasteiger partial charge in [0, 0.05) is 6.26 Å². The lowest BCUT2D eigenvalue weighted by molar-refractivity contribution is 0.683. The first kappa shape index (κ1) is 8.18. The van der Waals surface area contributed by atoms with Gasteiger partial charge < -0.3 is 0 Å². The first-order valence-electron chi connectivity index (χ1n) is 2.31. The van der Waals surface area contributed by atoms with Gasteiger partial charge in [0.1, 0.15) is 0 Å². The second kappa shape index (κ2) is 3.25. The number of rotatable bonds is 2. The highest BCUT2D eigenvalue weighted by molar-refractivity contribution is 7.93. The molecule has 0 aromatic rings. The third-order valence-corrected chi connectivity index (χ3v) is 1.98. The molecule has 3 nitrogen and oxygen atoms in total. The maximum atomic E-state index is 10.9. The zero-order valence-electron chi connectivity index (χ0n) is 5.20. The molecule has 0 rings (SSSR count). The van der Waals surface area contributed by atoms with E-state index in [1.54, 1.807) is 0 Å². The predicted octanol–water partition coefficient (Wildman–Crippen LogP) is 0.751. The van der Waals surface area contributed by atoms with Crippen molar-refractivity contribution in [3.8, 4) is 6.19 Å². The Bertz CT molecular complexity index is 242. The summed E-state index contributed by atoms with van der Waals surface area (Å²) in [6, 6.07) is 0. The molecule has 1 atom stereocenters. The largest absolute Gasteiger partial charge is 0.249 e. The SMILES string of the molecule is C=CCS(C)(=O)=NC#N. The van der Waals surface area contributed by atoms with Crippen molar-refractivity contribution in [3.63, 3.8) is 0 Å². The number of hydrogen-bond acceptors (Lipinski definition) is 3. The molecule has 0 radical (unpaired) electrons. The second-order valence-electron chi connectivity index (χ2n) is 1.61. The molecule has 0 aliphatic carbocycles. The molecule has 0 aliphatic heterocycles. The summed E-state index contributed by atoms with van der Waals surface area (Å²) >= 11 is 0. The normalized spacial score (nSPS) is 15.1. The molecular weight excluding hydrogens is 136 g/mol. The zero-order valence-corrected chi connectivity index (χ0v) is 6.02. The van der Waals surface area contributed by atoms with Crippen LogP contribution in [0.4, 0.5) is 0 Å². The standard InChI is InChI=1S/C5H8N2OS/c1-3-4-9(2,8)7-5-6/h3H,1,4H2,2H3. The molecule has 9 heavy (non-hydrogen) atoms. The molecule has 0 bridgehead atoms. The Hall–Kier alpha value is -0.820. The van der Waals surface area contributed by atoms with E-state index in [0.717, 1.165) is 0 Å². The third kappa shape index (κ3) is 3.74. The topological polar surface area (TPSA) is 53.2 Å². The summed E-state index contributed by atoms with van der Waals surface area (Å²) in [6.07, 6.45) is 4.41. The van der Waals surface area contributed by atoms with Crippen molar-refractivity contribution in [2.75, 3.05) is 12.0 Å². The average Bonchev–Trinajstić information content (AvgIpc) is 1.64. The molecule has 0 N–H and O–H groups in total. The van der Waals surface area contributed by atoms with Crippen molar-refractivity contribution in [3.05, 3.63) is 12.7 Å². The summed E-state index contributed by atoms with van der Waals surface area (Å²) in [6.45, 7) is 3.38. The third-order valence-electron chi connectivity index (χ3n) is 0.661. The second-order valence-corrected chi connectivity index (χ2v) is 4.04. The van der Waals surface area contributed by atoms with Crippen LogP contribution in [-0.4, -0.2) is 16.2 Å². The molecule has 0 spiro atoms. The van der Waals surface area contributed by atoms with Gasteiger partial charge in [-0.3, -0.25) is 0 Å². The fraction of sp³-hybridized carbons (Fsp3) is 0.400. The van der Waals surface area contributed by atoms with E-state index < -0.39 is 9.73 Å². The minimum atomic E-state index is -2.29. The van der Waals surface area contributed by atoms with Gasteiger partial charge in [-0.2, -0.15) is 5.26 Å². The van der Waals surface area contributed by atoms with E-state index in [1.165, 1.54) is 18.5 Å². The molecule has 0 amide bonds. The van der Waals surface area contributed by atoms with Crippen LogP contribution >= 0.6 is 0 Å². The lowest BCUT2D eigenvalue weighted by Crippen LogP contribution is -1.98. The fourth-order valence-corrected chi connectivity index (χ4v) is 1.03. The van der Waals surface area contributed by atoms with Crippen LogP contribution in [0.3, 0.4) is 0 Å². The van der Waals surface area contributed by atoms with E-state index in [9.17, 15) is 4.21 Å². The minimum Gasteiger partial charge on any atom is -0.249 e. The zero-order chi connectivity index (χ0) is 7.33. The van der Waals surface area contributed by atoms with Crippen molar-refractivity contribution in [2.45, 2.75) is 0 Å². The molecule has 1 unspecified atom stereocenters. The quantitative estimate of drug-likeness (QED) is 0.424. The van der Waals surface area contributed by atoms with Crippen LogP contribution in [0.5, 0.6) is 0 Å². The molecular formula is C5H8N2OS. The van der Waals surface area contributed by atoms with Crippen LogP contribution in [0, 0.1) is 11.5 Å². The molecule has 0 aromatic heterocycles. The molecule has 50 valence electrons. The summed E-state index contributed by atoms with van der Waals surface area (Å²) < 4.78 is 14.1. The Balaban J connectivity index is 4.43. The molecule has 4 heteroatoms. The maximum Gasteiger partial charge on any atom is 0.214 e. The molecule has 0 heterocycles. The highest BCUT2D eigenvalue weighted by Crippen LogP contribution is 1.88. The van der Waals surface area contributed by atoms with Gasteiger partial charge in [-0.05, 0) is 0 Å². The first-order valence-corrected chi connectivity index (χ1v) is 4.40. The van der Waals surface area contributed by atoms with Gasteiger partial charge in [0.25, 0.3) is 0 Å². The van der Waals surface area contributed by atoms with Crippen molar-refractivity contribution in [2.24, 2.45) is 4.36 Å². The van der Waals surface area contributed by atoms with E-state index in [0.29, 0.717) is 0 Å². The summed E-state index contributed by atoms with van der Waals surface area (Å²) in [5, 5.41) is 8.00. The Morgan fingerprint density at radius 1 is 2.00 bits per heavy atom. The van der Waals surface area contributed by atoms with Gasteiger partial charge >= 0.3 is 0 Å². The Morgan fingerprint density at radius 2 is 2.56 bits per heavy atom. The molecule has 0 fully saturated rings. The van der Waals surface area contributed by atoms with Crippen LogP contribution in [0.15, 0.2) is 17.0 Å². The van der Waals surface area contributed by atoms with Crippen LogP contribution in [0.25, 0.3) is 0 Å². The number of nitrogens with zero attached hydrogens (tertiary/aromatic N) is 2. The van der Waals surface area contributed by atoms with E-state index >= 15 is 0 Å². The van der Waals surface area contributed by atoms with Crippen molar-refractivity contribution < 1.29 is 4.21 Å². The van der Waals surface area contributed by atoms with Gasteiger partial charge in [-0.1, -0.05) is 6.08 Å². The Labute approximate surface area is 55.2 Å². The minimum absolute atomic E-state index is 0.278. The average molecular weight is 144 g/mol. The first-order chi connectivity index (χ1) is 4.12. The maximum absolute atomic E-state index is 10.9. The lowest BCUT2D eigenvalue weighted by Gasteiger charge is -1.91. The highest BCUT2D eigenvalue weighted by atomic mass is 32.2. The Kier molecular flexibility index (Phi) is 2.96. The molecule has 0 aromatic carbocycles. The summed E-state index contributed by atoms with van der Waals surface area (Å²) in [7, 11) is -2.29. The van der Waals surface area contributed by atoms with Crippen LogP contribution in [-0.2, 0) is 9.73 Å². The van der Waals surface area contributed by atoms with Crippen LogP contribution < -0.4 is 0 Å². The molecule has 0 aliphatic rings. The molecule has 0 saturated heterocycles. The Morgan fingerprint density at radius 3 is 2.89 bits per heavy atom. The van der Waals surface area contributed by atoms with Crippen LogP contribution in [0.1, 0.15) is 0 Å². The lowest BCUT2D eigenvalue weighted by atomic mass is 10.8. The smallest absolute Gasteiger partial charge is 0.214 e. The van der Waals surface area contributed by atoms with Gasteiger partial charge in [0.05, 0.1) is 15.5 Å². The number of hydrogen-bond donors (Lipinski definition) is 0. The van der Waals surface area contributed by atoms with E-state index in [1.807, 2.05) is 0 Å². The predicted molar refractivity (Wildman–Crippen MR) is 37.2 cm³/mol. The van der Waals surface area contributed by atoms with Gasteiger partial charge in [-0.25, -0.2) is 4.21 Å². The van der Waals surface area contributed by atoms with Crippen molar-refractivity contribution in [1.82, 2.24) is 0 Å². The fourth-order valence-electron chi connectivity index (χ4n) is 0.342. The van der Waals surface area contributed by atoms with Gasteiger partial charge in [0.15, 0.2) is 0 Å². The van der Waals surface area contributed by atoms with E-state index in [-0.39, 0.29) is 5.75 Å². The summed E-state index contributed by atoms with van der Waals surface area (Å²) in [5.74, 6) is 0.278. The monoisotopic (exact) mass is 144 g/mol.